The van der Waals surface area contributed by atoms with Crippen molar-refractivity contribution in [1.29, 1.82) is 0 Å². The van der Waals surface area contributed by atoms with Crippen LogP contribution in [0.2, 0.25) is 0 Å². The molecule has 2 fully saturated rings. The van der Waals surface area contributed by atoms with E-state index in [1.54, 1.807) is 0 Å². The Labute approximate surface area is 167 Å². The van der Waals surface area contributed by atoms with Crippen molar-refractivity contribution in [3.05, 3.63) is 47.7 Å². The molecule has 1 saturated carbocycles. The van der Waals surface area contributed by atoms with Crippen molar-refractivity contribution in [2.24, 2.45) is 5.73 Å². The summed E-state index contributed by atoms with van der Waals surface area (Å²) in [7, 11) is 0. The molecule has 1 saturated heterocycles. The normalized spacial score (nSPS) is 23.0. The van der Waals surface area contributed by atoms with Gasteiger partial charge in [0.15, 0.2) is 0 Å². The van der Waals surface area contributed by atoms with Gasteiger partial charge in [-0.2, -0.15) is 4.98 Å². The average Bonchev–Trinajstić information content (AvgIpc) is 2.70. The molecule has 0 unspecified atom stereocenters. The summed E-state index contributed by atoms with van der Waals surface area (Å²) in [5.74, 6) is 1.81. The highest BCUT2D eigenvalue weighted by molar-refractivity contribution is 5.45. The highest BCUT2D eigenvalue weighted by Crippen LogP contribution is 2.36. The summed E-state index contributed by atoms with van der Waals surface area (Å²) >= 11 is 0. The summed E-state index contributed by atoms with van der Waals surface area (Å²) in [6, 6.07) is 13.8. The molecule has 0 atom stereocenters. The van der Waals surface area contributed by atoms with Gasteiger partial charge in [-0.1, -0.05) is 37.3 Å². The Balaban J connectivity index is 1.38. The third-order valence-electron chi connectivity index (χ3n) is 6.28. The van der Waals surface area contributed by atoms with Crippen molar-refractivity contribution in [1.82, 2.24) is 14.9 Å². The predicted octanol–water partition coefficient (Wildman–Crippen LogP) is 2.75. The molecule has 6 nitrogen and oxygen atoms in total. The Morgan fingerprint density at radius 3 is 2.46 bits per heavy atom. The first-order valence-electron chi connectivity index (χ1n) is 10.6. The number of nitrogens with two attached hydrogens (primary N) is 2. The maximum absolute atomic E-state index is 6.01. The molecule has 4 N–H and O–H groups in total. The summed E-state index contributed by atoms with van der Waals surface area (Å²) in [5, 5.41) is 0. The molecule has 1 aliphatic carbocycles. The molecule has 1 aromatic carbocycles. The van der Waals surface area contributed by atoms with E-state index >= 15 is 0 Å². The van der Waals surface area contributed by atoms with E-state index < -0.39 is 0 Å². The first-order valence-corrected chi connectivity index (χ1v) is 10.6. The molecule has 2 aliphatic rings. The summed E-state index contributed by atoms with van der Waals surface area (Å²) in [6.07, 6.45) is 4.30. The molecule has 0 bridgehead atoms. The molecule has 2 aromatic rings. The summed E-state index contributed by atoms with van der Waals surface area (Å²) in [5.41, 5.74) is 14.4. The molecular formula is C22H32N6. The first kappa shape index (κ1) is 19.2. The van der Waals surface area contributed by atoms with Gasteiger partial charge < -0.3 is 16.4 Å². The second-order valence-corrected chi connectivity index (χ2v) is 8.20. The smallest absolute Gasteiger partial charge is 0.222 e. The van der Waals surface area contributed by atoms with Crippen molar-refractivity contribution in [3.8, 4) is 0 Å². The number of nitrogen functional groups attached to an aromatic ring is 1. The van der Waals surface area contributed by atoms with Gasteiger partial charge in [0.05, 0.1) is 5.69 Å². The minimum Gasteiger partial charge on any atom is -0.368 e. The Morgan fingerprint density at radius 2 is 1.82 bits per heavy atom. The zero-order valence-electron chi connectivity index (χ0n) is 16.8. The number of nitrogens with zero attached hydrogens (tertiary/aromatic N) is 4. The van der Waals surface area contributed by atoms with E-state index in [0.29, 0.717) is 23.9 Å². The van der Waals surface area contributed by atoms with Crippen LogP contribution in [0.1, 0.15) is 49.8 Å². The molecule has 0 amide bonds. The number of anilines is 2. The zero-order chi connectivity index (χ0) is 19.5. The molecule has 1 aromatic heterocycles. The second-order valence-electron chi connectivity index (χ2n) is 8.20. The molecule has 1 aliphatic heterocycles. The molecule has 6 heteroatoms. The largest absolute Gasteiger partial charge is 0.368 e. The van der Waals surface area contributed by atoms with Crippen LogP contribution < -0.4 is 16.4 Å². The summed E-state index contributed by atoms with van der Waals surface area (Å²) in [4.78, 5) is 14.0. The molecule has 28 heavy (non-hydrogen) atoms. The second kappa shape index (κ2) is 8.45. The van der Waals surface area contributed by atoms with E-state index in [1.807, 2.05) is 0 Å². The van der Waals surface area contributed by atoms with Crippen molar-refractivity contribution in [2.45, 2.75) is 57.2 Å². The lowest BCUT2D eigenvalue weighted by molar-refractivity contribution is 0.169. The summed E-state index contributed by atoms with van der Waals surface area (Å²) in [6.45, 7) is 6.38. The maximum Gasteiger partial charge on any atom is 0.222 e. The molecule has 0 spiro atoms. The van der Waals surface area contributed by atoms with Gasteiger partial charge >= 0.3 is 0 Å². The lowest BCUT2D eigenvalue weighted by atomic mass is 9.78. The molecule has 2 heterocycles. The van der Waals surface area contributed by atoms with Crippen LogP contribution in [0.5, 0.6) is 0 Å². The highest BCUT2D eigenvalue weighted by atomic mass is 15.2. The minimum atomic E-state index is 0.310. The van der Waals surface area contributed by atoms with Crippen LogP contribution in [0.3, 0.4) is 0 Å². The van der Waals surface area contributed by atoms with Gasteiger partial charge in [-0.25, -0.2) is 4.98 Å². The van der Waals surface area contributed by atoms with Gasteiger partial charge in [0, 0.05) is 43.7 Å². The van der Waals surface area contributed by atoms with Crippen molar-refractivity contribution < 1.29 is 0 Å². The van der Waals surface area contributed by atoms with Crippen LogP contribution in [0.4, 0.5) is 11.8 Å². The van der Waals surface area contributed by atoms with E-state index in [2.05, 4.69) is 63.1 Å². The first-order chi connectivity index (χ1) is 13.6. The van der Waals surface area contributed by atoms with E-state index in [1.165, 1.54) is 5.56 Å². The van der Waals surface area contributed by atoms with Crippen LogP contribution in [0.15, 0.2) is 36.4 Å². The molecule has 150 valence electrons. The fourth-order valence-electron chi connectivity index (χ4n) is 4.52. The number of benzene rings is 1. The van der Waals surface area contributed by atoms with E-state index in [-0.39, 0.29) is 0 Å². The van der Waals surface area contributed by atoms with E-state index in [9.17, 15) is 0 Å². The molecule has 0 radical (unpaired) electrons. The Bertz CT molecular complexity index is 766. The number of piperidine rings is 1. The monoisotopic (exact) mass is 380 g/mol. The van der Waals surface area contributed by atoms with Gasteiger partial charge in [0.25, 0.3) is 0 Å². The third-order valence-corrected chi connectivity index (χ3v) is 6.28. The molecule has 4 rings (SSSR count). The average molecular weight is 381 g/mol. The number of hydrogen-bond donors (Lipinski definition) is 2. The lowest BCUT2D eigenvalue weighted by Gasteiger charge is -2.39. The van der Waals surface area contributed by atoms with Crippen LogP contribution in [0.25, 0.3) is 0 Å². The quantitative estimate of drug-likeness (QED) is 0.802. The minimum absolute atomic E-state index is 0.310. The van der Waals surface area contributed by atoms with Crippen molar-refractivity contribution in [2.75, 3.05) is 30.3 Å². The van der Waals surface area contributed by atoms with Gasteiger partial charge in [0.2, 0.25) is 5.95 Å². The van der Waals surface area contributed by atoms with Gasteiger partial charge in [-0.3, -0.25) is 4.90 Å². The van der Waals surface area contributed by atoms with Gasteiger partial charge in [-0.15, -0.1) is 0 Å². The number of aromatic nitrogens is 2. The lowest BCUT2D eigenvalue weighted by Crippen LogP contribution is -2.45. The standard InChI is InChI=1S/C22H32N6/c1-2-27(15-16-6-4-3-5-7-16)19-8-10-28(11-9-19)21-14-20(25-22(24)26-21)17-12-18(23)13-17/h3-7,14,17-19H,2,8-13,15,23H2,1H3,(H2,24,25,26). The van der Waals surface area contributed by atoms with Crippen LogP contribution in [-0.2, 0) is 6.54 Å². The highest BCUT2D eigenvalue weighted by Gasteiger charge is 2.30. The molecular weight excluding hydrogens is 348 g/mol. The SMILES string of the molecule is CCN(Cc1ccccc1)C1CCN(c2cc(C3CC(N)C3)nc(N)n2)CC1. The van der Waals surface area contributed by atoms with Crippen LogP contribution in [0, 0.1) is 0 Å². The maximum atomic E-state index is 6.01. The van der Waals surface area contributed by atoms with Crippen LogP contribution in [-0.4, -0.2) is 46.6 Å². The number of hydrogen-bond acceptors (Lipinski definition) is 6. The van der Waals surface area contributed by atoms with E-state index in [4.69, 9.17) is 11.5 Å². The Morgan fingerprint density at radius 1 is 1.11 bits per heavy atom. The summed E-state index contributed by atoms with van der Waals surface area (Å²) < 4.78 is 0. The third kappa shape index (κ3) is 4.28. The topological polar surface area (TPSA) is 84.3 Å². The zero-order valence-corrected chi connectivity index (χ0v) is 16.8. The van der Waals surface area contributed by atoms with Gasteiger partial charge in [0.1, 0.15) is 5.82 Å². The predicted molar refractivity (Wildman–Crippen MR) is 114 cm³/mol. The van der Waals surface area contributed by atoms with Gasteiger partial charge in [-0.05, 0) is 37.8 Å². The van der Waals surface area contributed by atoms with Crippen LogP contribution >= 0.6 is 0 Å². The number of rotatable bonds is 6. The van der Waals surface area contributed by atoms with Crippen molar-refractivity contribution in [3.63, 3.8) is 0 Å². The van der Waals surface area contributed by atoms with E-state index in [0.717, 1.165) is 63.4 Å². The fourth-order valence-corrected chi connectivity index (χ4v) is 4.52. The Kier molecular flexibility index (Phi) is 5.78. The van der Waals surface area contributed by atoms with Crippen molar-refractivity contribution >= 4 is 11.8 Å². The fraction of sp³-hybridized carbons (Fsp3) is 0.545. The Hall–Kier alpha value is -2.18.